The number of carboxylic acid groups (broad SMARTS) is 1. The van der Waals surface area contributed by atoms with Crippen molar-refractivity contribution in [1.29, 1.82) is 0 Å². The van der Waals surface area contributed by atoms with Gasteiger partial charge < -0.3 is 20.1 Å². The third-order valence-electron chi connectivity index (χ3n) is 5.37. The largest absolute Gasteiger partial charge is 0.491 e. The van der Waals surface area contributed by atoms with Gasteiger partial charge in [-0.25, -0.2) is 4.39 Å². The fourth-order valence-corrected chi connectivity index (χ4v) is 3.87. The van der Waals surface area contributed by atoms with Crippen LogP contribution in [0.5, 0.6) is 5.75 Å². The molecule has 3 N–H and O–H groups in total. The number of rotatable bonds is 12. The van der Waals surface area contributed by atoms with Gasteiger partial charge in [0.15, 0.2) is 0 Å². The van der Waals surface area contributed by atoms with Gasteiger partial charge in [0.2, 0.25) is 0 Å². The first-order chi connectivity index (χ1) is 13.5. The average molecular weight is 394 g/mol. The number of ether oxygens (including phenoxy) is 1. The molecule has 1 saturated carbocycles. The summed E-state index contributed by atoms with van der Waals surface area (Å²) in [6.45, 7) is -0.0215. The molecular weight excluding hydrogens is 363 g/mol. The van der Waals surface area contributed by atoms with Crippen molar-refractivity contribution >= 4 is 5.97 Å². The summed E-state index contributed by atoms with van der Waals surface area (Å²) in [6.07, 6.45) is 4.55. The minimum atomic E-state index is -1.12. The molecule has 0 amide bonds. The summed E-state index contributed by atoms with van der Waals surface area (Å²) in [5.41, 5.74) is 0. The number of benzene rings is 1. The molecule has 0 spiro atoms. The fourth-order valence-electron chi connectivity index (χ4n) is 3.87. The fraction of sp³-hybridized carbons (Fsp3) is 0.591. The Morgan fingerprint density at radius 3 is 2.43 bits per heavy atom. The molecule has 0 heterocycles. The maximum Gasteiger partial charge on any atom is 0.303 e. The summed E-state index contributed by atoms with van der Waals surface area (Å²) in [4.78, 5) is 10.5. The monoisotopic (exact) mass is 394 g/mol. The van der Waals surface area contributed by atoms with Gasteiger partial charge >= 0.3 is 5.97 Å². The van der Waals surface area contributed by atoms with Crippen LogP contribution >= 0.6 is 0 Å². The zero-order valence-corrected chi connectivity index (χ0v) is 16.1. The van der Waals surface area contributed by atoms with Gasteiger partial charge in [-0.05, 0) is 62.5 Å². The van der Waals surface area contributed by atoms with Crippen LogP contribution in [0.15, 0.2) is 42.5 Å². The smallest absolute Gasteiger partial charge is 0.303 e. The van der Waals surface area contributed by atoms with Gasteiger partial charge in [0.1, 0.15) is 18.5 Å². The summed E-state index contributed by atoms with van der Waals surface area (Å²) in [5.74, 6) is -0.385. The second kappa shape index (κ2) is 11.8. The molecule has 5 atom stereocenters. The quantitative estimate of drug-likeness (QED) is 0.470. The Kier molecular flexibility index (Phi) is 9.44. The molecule has 0 radical (unpaired) electrons. The lowest BCUT2D eigenvalue weighted by Gasteiger charge is -2.24. The number of carboxylic acids is 1. The minimum Gasteiger partial charge on any atom is -0.491 e. The molecule has 0 aromatic heterocycles. The number of para-hydroxylation sites is 1. The average Bonchev–Trinajstić information content (AvgIpc) is 2.94. The Morgan fingerprint density at radius 1 is 1.11 bits per heavy atom. The molecule has 28 heavy (non-hydrogen) atoms. The lowest BCUT2D eigenvalue weighted by molar-refractivity contribution is -0.136. The third-order valence-corrected chi connectivity index (χ3v) is 5.37. The van der Waals surface area contributed by atoms with Crippen LogP contribution in [0.1, 0.15) is 44.9 Å². The standard InChI is InChI=1S/C22H31FO5/c23-16(15-28-17-8-4-3-5-9-17)12-13-19-18(20(24)14-21(19)25)10-6-1-2-7-11-22(26)27/h1-5,8-9,16,18-21,24-25H,6-7,10-15H2,(H,26,27)/b2-1-/t16-,18-,19-,20+,21-/m1/s1. The van der Waals surface area contributed by atoms with Crippen LogP contribution in [0.25, 0.3) is 0 Å². The summed E-state index contributed by atoms with van der Waals surface area (Å²) in [7, 11) is 0. The second-order valence-electron chi connectivity index (χ2n) is 7.48. The molecule has 1 aliphatic carbocycles. The van der Waals surface area contributed by atoms with Crippen molar-refractivity contribution < 1.29 is 29.2 Å². The summed E-state index contributed by atoms with van der Waals surface area (Å²) in [6, 6.07) is 9.10. The van der Waals surface area contributed by atoms with Gasteiger partial charge in [0.25, 0.3) is 0 Å². The maximum absolute atomic E-state index is 14.2. The zero-order chi connectivity index (χ0) is 20.4. The van der Waals surface area contributed by atoms with E-state index in [-0.39, 0.29) is 31.3 Å². The maximum atomic E-state index is 14.2. The second-order valence-corrected chi connectivity index (χ2v) is 7.48. The van der Waals surface area contributed by atoms with Gasteiger partial charge in [-0.1, -0.05) is 30.4 Å². The topological polar surface area (TPSA) is 87.0 Å². The molecule has 2 rings (SSSR count). The van der Waals surface area contributed by atoms with E-state index in [1.54, 1.807) is 12.1 Å². The van der Waals surface area contributed by atoms with Crippen molar-refractivity contribution in [2.24, 2.45) is 11.8 Å². The number of hydrogen-bond acceptors (Lipinski definition) is 4. The van der Waals surface area contributed by atoms with E-state index >= 15 is 0 Å². The number of carbonyl (C=O) groups is 1. The summed E-state index contributed by atoms with van der Waals surface area (Å²) >= 11 is 0. The number of aliphatic carboxylic acids is 1. The highest BCUT2D eigenvalue weighted by Crippen LogP contribution is 2.39. The molecule has 0 aliphatic heterocycles. The highest BCUT2D eigenvalue weighted by Gasteiger charge is 2.40. The highest BCUT2D eigenvalue weighted by molar-refractivity contribution is 5.66. The van der Waals surface area contributed by atoms with Crippen LogP contribution in [0.3, 0.4) is 0 Å². The number of alkyl halides is 1. The Hall–Kier alpha value is -1.92. The van der Waals surface area contributed by atoms with Gasteiger partial charge in [-0.2, -0.15) is 0 Å². The first-order valence-corrected chi connectivity index (χ1v) is 10.0. The van der Waals surface area contributed by atoms with Crippen molar-refractivity contribution in [3.8, 4) is 5.75 Å². The Bertz CT molecular complexity index is 606. The molecular formula is C22H31FO5. The van der Waals surface area contributed by atoms with E-state index in [1.165, 1.54) is 0 Å². The van der Waals surface area contributed by atoms with Crippen molar-refractivity contribution in [2.75, 3.05) is 6.61 Å². The number of aliphatic hydroxyl groups is 2. The Balaban J connectivity index is 1.73. The van der Waals surface area contributed by atoms with E-state index in [1.807, 2.05) is 30.4 Å². The summed E-state index contributed by atoms with van der Waals surface area (Å²) in [5, 5.41) is 29.1. The van der Waals surface area contributed by atoms with Crippen LogP contribution < -0.4 is 4.74 Å². The van der Waals surface area contributed by atoms with E-state index in [9.17, 15) is 19.4 Å². The molecule has 1 aliphatic rings. The number of allylic oxidation sites excluding steroid dienone is 2. The predicted molar refractivity (Wildman–Crippen MR) is 105 cm³/mol. The lowest BCUT2D eigenvalue weighted by Crippen LogP contribution is -2.24. The molecule has 1 fully saturated rings. The molecule has 0 unspecified atom stereocenters. The molecule has 156 valence electrons. The summed E-state index contributed by atoms with van der Waals surface area (Å²) < 4.78 is 19.7. The Labute approximate surface area is 165 Å². The predicted octanol–water partition coefficient (Wildman–Crippen LogP) is 3.74. The van der Waals surface area contributed by atoms with Crippen molar-refractivity contribution in [3.63, 3.8) is 0 Å². The van der Waals surface area contributed by atoms with Crippen LogP contribution in [-0.4, -0.2) is 46.3 Å². The molecule has 5 nitrogen and oxygen atoms in total. The van der Waals surface area contributed by atoms with Crippen LogP contribution in [0.4, 0.5) is 4.39 Å². The molecule has 1 aromatic rings. The van der Waals surface area contributed by atoms with Crippen LogP contribution in [0, 0.1) is 11.8 Å². The number of hydrogen-bond donors (Lipinski definition) is 3. The van der Waals surface area contributed by atoms with Gasteiger partial charge in [-0.15, -0.1) is 0 Å². The van der Waals surface area contributed by atoms with E-state index in [4.69, 9.17) is 9.84 Å². The van der Waals surface area contributed by atoms with Gasteiger partial charge in [0, 0.05) is 6.42 Å². The van der Waals surface area contributed by atoms with Crippen molar-refractivity contribution in [3.05, 3.63) is 42.5 Å². The number of halogens is 1. The first-order valence-electron chi connectivity index (χ1n) is 10.0. The van der Waals surface area contributed by atoms with Crippen molar-refractivity contribution in [2.45, 2.75) is 63.3 Å². The molecule has 1 aromatic carbocycles. The van der Waals surface area contributed by atoms with E-state index in [2.05, 4.69) is 0 Å². The van der Waals surface area contributed by atoms with Gasteiger partial charge in [0.05, 0.1) is 12.2 Å². The number of aliphatic hydroxyl groups excluding tert-OH is 2. The van der Waals surface area contributed by atoms with E-state index in [0.29, 0.717) is 37.9 Å². The zero-order valence-electron chi connectivity index (χ0n) is 16.1. The van der Waals surface area contributed by atoms with Crippen LogP contribution in [-0.2, 0) is 4.79 Å². The van der Waals surface area contributed by atoms with Gasteiger partial charge in [-0.3, -0.25) is 4.79 Å². The highest BCUT2D eigenvalue weighted by atomic mass is 19.1. The molecule has 6 heteroatoms. The molecule has 0 bridgehead atoms. The SMILES string of the molecule is O=C(O)CC/C=C\CC[C@@H]1[C@@H](CC[C@@H](F)COc2ccccc2)[C@H](O)C[C@@H]1O. The lowest BCUT2D eigenvalue weighted by atomic mass is 9.85. The van der Waals surface area contributed by atoms with E-state index < -0.39 is 24.3 Å². The normalized spacial score (nSPS) is 25.8. The Morgan fingerprint density at radius 2 is 1.75 bits per heavy atom. The van der Waals surface area contributed by atoms with Crippen LogP contribution in [0.2, 0.25) is 0 Å². The van der Waals surface area contributed by atoms with Crippen molar-refractivity contribution in [1.82, 2.24) is 0 Å². The van der Waals surface area contributed by atoms with E-state index in [0.717, 1.165) is 0 Å². The molecule has 0 saturated heterocycles. The minimum absolute atomic E-state index is 0.0215. The first kappa shape index (κ1) is 22.4. The third kappa shape index (κ3) is 7.60.